The van der Waals surface area contributed by atoms with E-state index in [2.05, 4.69) is 0 Å². The number of rotatable bonds is 5. The molecule has 0 fully saturated rings. The Morgan fingerprint density at radius 1 is 0.893 bits per heavy atom. The number of hydrogen-bond acceptors (Lipinski definition) is 4. The van der Waals surface area contributed by atoms with Crippen LogP contribution in [0.1, 0.15) is 27.8 Å². The van der Waals surface area contributed by atoms with Crippen LogP contribution in [0.5, 0.6) is 0 Å². The Balaban J connectivity index is 2.21. The Morgan fingerprint density at radius 3 is 2.18 bits per heavy atom. The Morgan fingerprint density at radius 2 is 1.54 bits per heavy atom. The number of carbonyl (C=O) groups excluding carboxylic acids is 2. The number of aryl methyl sites for hydroxylation is 4. The lowest BCUT2D eigenvalue weighted by Crippen LogP contribution is -2.35. The van der Waals surface area contributed by atoms with Crippen molar-refractivity contribution in [3.05, 3.63) is 69.9 Å². The lowest BCUT2D eigenvalue weighted by Gasteiger charge is -2.21. The van der Waals surface area contributed by atoms with Gasteiger partial charge >= 0.3 is 0 Å². The molecule has 0 spiro atoms. The van der Waals surface area contributed by atoms with Gasteiger partial charge in [0, 0.05) is 13.6 Å². The molecular formula is C23H26N2O3. The lowest BCUT2D eigenvalue weighted by atomic mass is 9.97. The molecule has 1 aliphatic heterocycles. The predicted octanol–water partition coefficient (Wildman–Crippen LogP) is 3.13. The molecule has 2 amide bonds. The van der Waals surface area contributed by atoms with E-state index in [1.165, 1.54) is 4.90 Å². The molecule has 0 aliphatic carbocycles. The van der Waals surface area contributed by atoms with E-state index in [4.69, 9.17) is 0 Å². The highest BCUT2D eigenvalue weighted by Crippen LogP contribution is 2.37. The zero-order valence-corrected chi connectivity index (χ0v) is 17.0. The number of hydrogen-bond donors (Lipinski definition) is 1. The van der Waals surface area contributed by atoms with Crippen molar-refractivity contribution >= 4 is 23.1 Å². The van der Waals surface area contributed by atoms with Crippen LogP contribution in [0.2, 0.25) is 0 Å². The van der Waals surface area contributed by atoms with E-state index >= 15 is 0 Å². The first-order valence-electron chi connectivity index (χ1n) is 9.36. The summed E-state index contributed by atoms with van der Waals surface area (Å²) in [5.74, 6) is -0.685. The third-order valence-electron chi connectivity index (χ3n) is 5.13. The van der Waals surface area contributed by atoms with Gasteiger partial charge in [0.2, 0.25) is 0 Å². The van der Waals surface area contributed by atoms with E-state index in [9.17, 15) is 14.7 Å². The van der Waals surface area contributed by atoms with Crippen molar-refractivity contribution in [3.63, 3.8) is 0 Å². The zero-order chi connectivity index (χ0) is 20.6. The Kier molecular flexibility index (Phi) is 5.38. The van der Waals surface area contributed by atoms with Crippen molar-refractivity contribution in [2.45, 2.75) is 27.7 Å². The number of benzene rings is 2. The number of likely N-dealkylation sites (N-methyl/N-ethyl adjacent to an activating group) is 1. The van der Waals surface area contributed by atoms with Crippen LogP contribution in [0.15, 0.2) is 42.1 Å². The van der Waals surface area contributed by atoms with Crippen molar-refractivity contribution in [1.29, 1.82) is 0 Å². The number of imide groups is 1. The smallest absolute Gasteiger partial charge is 0.282 e. The average molecular weight is 378 g/mol. The summed E-state index contributed by atoms with van der Waals surface area (Å²) >= 11 is 0. The number of aliphatic hydroxyl groups is 1. The van der Waals surface area contributed by atoms with Crippen molar-refractivity contribution in [3.8, 4) is 0 Å². The monoisotopic (exact) mass is 378 g/mol. The minimum Gasteiger partial charge on any atom is -0.395 e. The van der Waals surface area contributed by atoms with Gasteiger partial charge in [-0.05, 0) is 56.0 Å². The van der Waals surface area contributed by atoms with Gasteiger partial charge in [0.05, 0.1) is 17.9 Å². The third-order valence-corrected chi connectivity index (χ3v) is 5.13. The van der Waals surface area contributed by atoms with Gasteiger partial charge in [-0.2, -0.15) is 0 Å². The van der Waals surface area contributed by atoms with Crippen molar-refractivity contribution in [2.24, 2.45) is 0 Å². The second-order valence-corrected chi connectivity index (χ2v) is 7.42. The molecule has 1 aliphatic rings. The predicted molar refractivity (Wildman–Crippen MR) is 111 cm³/mol. The Labute approximate surface area is 165 Å². The first kappa shape index (κ1) is 19.8. The molecule has 0 saturated carbocycles. The summed E-state index contributed by atoms with van der Waals surface area (Å²) < 4.78 is 0. The highest BCUT2D eigenvalue weighted by molar-refractivity contribution is 6.45. The summed E-state index contributed by atoms with van der Waals surface area (Å²) in [6.07, 6.45) is 0. The molecule has 3 rings (SSSR count). The molecule has 5 heteroatoms. The molecule has 1 heterocycles. The minimum absolute atomic E-state index is 0.106. The van der Waals surface area contributed by atoms with E-state index in [0.29, 0.717) is 17.0 Å². The third kappa shape index (κ3) is 3.34. The standard InChI is InChI=1S/C23H26N2O3/c1-14-7-9-18(17(4)12-14)20-21(24(5)10-11-26)23(28)25(22(20)27)19-13-15(2)6-8-16(19)3/h6-9,12-13,26H,10-11H2,1-5H3. The SMILES string of the molecule is Cc1ccc(C2=C(N(C)CCO)C(=O)N(c3cc(C)ccc3C)C2=O)c(C)c1. The van der Waals surface area contributed by atoms with E-state index in [1.807, 2.05) is 64.1 Å². The van der Waals surface area contributed by atoms with Crippen molar-refractivity contribution in [2.75, 3.05) is 25.1 Å². The van der Waals surface area contributed by atoms with Crippen LogP contribution in [-0.4, -0.2) is 42.0 Å². The largest absolute Gasteiger partial charge is 0.395 e. The van der Waals surface area contributed by atoms with E-state index in [1.54, 1.807) is 11.9 Å². The van der Waals surface area contributed by atoms with Gasteiger partial charge in [0.25, 0.3) is 11.8 Å². The topological polar surface area (TPSA) is 60.9 Å². The first-order chi connectivity index (χ1) is 13.3. The molecule has 0 radical (unpaired) electrons. The van der Waals surface area contributed by atoms with Crippen LogP contribution >= 0.6 is 0 Å². The quantitative estimate of drug-likeness (QED) is 0.812. The molecule has 2 aromatic carbocycles. The second kappa shape index (κ2) is 7.60. The van der Waals surface area contributed by atoms with Gasteiger partial charge in [-0.3, -0.25) is 9.59 Å². The van der Waals surface area contributed by atoms with Crippen LogP contribution < -0.4 is 4.90 Å². The van der Waals surface area contributed by atoms with Crippen molar-refractivity contribution < 1.29 is 14.7 Å². The average Bonchev–Trinajstić information content (AvgIpc) is 2.88. The molecule has 2 aromatic rings. The van der Waals surface area contributed by atoms with Gasteiger partial charge in [0.15, 0.2) is 0 Å². The molecule has 146 valence electrons. The van der Waals surface area contributed by atoms with Crippen LogP contribution in [-0.2, 0) is 9.59 Å². The number of nitrogens with zero attached hydrogens (tertiary/aromatic N) is 2. The van der Waals surface area contributed by atoms with Crippen LogP contribution in [0, 0.1) is 27.7 Å². The summed E-state index contributed by atoms with van der Waals surface area (Å²) in [6.45, 7) is 7.92. The highest BCUT2D eigenvalue weighted by Gasteiger charge is 2.42. The fourth-order valence-corrected chi connectivity index (χ4v) is 3.65. The van der Waals surface area contributed by atoms with E-state index in [0.717, 1.165) is 27.8 Å². The lowest BCUT2D eigenvalue weighted by molar-refractivity contribution is -0.120. The molecule has 0 bridgehead atoms. The molecule has 0 atom stereocenters. The fourth-order valence-electron chi connectivity index (χ4n) is 3.65. The Hall–Kier alpha value is -2.92. The molecule has 0 saturated heterocycles. The number of carbonyl (C=O) groups is 2. The highest BCUT2D eigenvalue weighted by atomic mass is 16.3. The molecule has 1 N–H and O–H groups in total. The molecule has 0 unspecified atom stereocenters. The maximum absolute atomic E-state index is 13.5. The Bertz CT molecular complexity index is 991. The maximum atomic E-state index is 13.5. The normalized spacial score (nSPS) is 14.3. The second-order valence-electron chi connectivity index (χ2n) is 7.42. The summed E-state index contributed by atoms with van der Waals surface area (Å²) in [5.41, 5.74) is 5.93. The van der Waals surface area contributed by atoms with E-state index in [-0.39, 0.29) is 25.0 Å². The summed E-state index contributed by atoms with van der Waals surface area (Å²) in [6, 6.07) is 11.6. The van der Waals surface area contributed by atoms with Crippen molar-refractivity contribution in [1.82, 2.24) is 4.90 Å². The van der Waals surface area contributed by atoms with Gasteiger partial charge in [-0.15, -0.1) is 0 Å². The molecule has 0 aromatic heterocycles. The fraction of sp³-hybridized carbons (Fsp3) is 0.304. The maximum Gasteiger partial charge on any atom is 0.282 e. The van der Waals surface area contributed by atoms with Crippen LogP contribution in [0.25, 0.3) is 5.57 Å². The first-order valence-corrected chi connectivity index (χ1v) is 9.36. The summed E-state index contributed by atoms with van der Waals surface area (Å²) in [7, 11) is 1.73. The number of anilines is 1. The van der Waals surface area contributed by atoms with Gasteiger partial charge < -0.3 is 10.0 Å². The van der Waals surface area contributed by atoms with Gasteiger partial charge in [-0.25, -0.2) is 4.90 Å². The summed E-state index contributed by atoms with van der Waals surface area (Å²) in [4.78, 5) is 29.8. The zero-order valence-electron chi connectivity index (χ0n) is 17.0. The minimum atomic E-state index is -0.357. The van der Waals surface area contributed by atoms with Gasteiger partial charge in [0.1, 0.15) is 5.70 Å². The molecule has 5 nitrogen and oxygen atoms in total. The number of aliphatic hydroxyl groups excluding tert-OH is 1. The van der Waals surface area contributed by atoms with Gasteiger partial charge in [-0.1, -0.05) is 35.9 Å². The van der Waals surface area contributed by atoms with Crippen LogP contribution in [0.4, 0.5) is 5.69 Å². The molecular weight excluding hydrogens is 352 g/mol. The van der Waals surface area contributed by atoms with Crippen LogP contribution in [0.3, 0.4) is 0 Å². The van der Waals surface area contributed by atoms with E-state index < -0.39 is 0 Å². The molecule has 28 heavy (non-hydrogen) atoms. The number of amides is 2. The summed E-state index contributed by atoms with van der Waals surface area (Å²) in [5, 5.41) is 9.39.